The van der Waals surface area contributed by atoms with Gasteiger partial charge in [-0.1, -0.05) is 5.16 Å². The smallest absolute Gasteiger partial charge is 0.415 e. The third kappa shape index (κ3) is 6.37. The Morgan fingerprint density at radius 3 is 2.57 bits per heavy atom. The Hall–Kier alpha value is -2.58. The molecule has 0 aliphatic heterocycles. The average Bonchev–Trinajstić information content (AvgIpc) is 2.85. The van der Waals surface area contributed by atoms with Gasteiger partial charge in [0, 0.05) is 0 Å². The maximum Gasteiger partial charge on any atom is 0.415 e. The highest BCUT2D eigenvalue weighted by Gasteiger charge is 2.23. The van der Waals surface area contributed by atoms with Crippen LogP contribution in [0.15, 0.2) is 15.8 Å². The molecule has 0 saturated carbocycles. The fraction of sp³-hybridized carbons (Fsp3) is 0.571. The van der Waals surface area contributed by atoms with Gasteiger partial charge in [-0.25, -0.2) is 14.9 Å². The van der Waals surface area contributed by atoms with Crippen LogP contribution in [0, 0.1) is 0 Å². The average molecular weight is 327 g/mol. The van der Waals surface area contributed by atoms with Crippen molar-refractivity contribution in [3.8, 4) is 0 Å². The zero-order chi connectivity index (χ0) is 17.5. The number of esters is 1. The van der Waals surface area contributed by atoms with Crippen molar-refractivity contribution >= 4 is 23.8 Å². The molecule has 128 valence electrons. The summed E-state index contributed by atoms with van der Waals surface area (Å²) in [6.07, 6.45) is 0.423. The molecule has 0 unspecified atom stereocenters. The SMILES string of the molecule is CCON=C(C(=O)OCC)c1coc(NC(=O)OC(C)(C)C)n1. The van der Waals surface area contributed by atoms with Crippen molar-refractivity contribution in [1.29, 1.82) is 0 Å². The van der Waals surface area contributed by atoms with Gasteiger partial charge in [0.15, 0.2) is 0 Å². The van der Waals surface area contributed by atoms with Crippen LogP contribution in [0.2, 0.25) is 0 Å². The molecule has 1 aromatic rings. The van der Waals surface area contributed by atoms with Crippen molar-refractivity contribution in [2.45, 2.75) is 40.2 Å². The molecule has 0 aromatic carbocycles. The highest BCUT2D eigenvalue weighted by molar-refractivity contribution is 6.42. The van der Waals surface area contributed by atoms with Gasteiger partial charge in [0.25, 0.3) is 0 Å². The number of anilines is 1. The van der Waals surface area contributed by atoms with Gasteiger partial charge in [-0.15, -0.1) is 0 Å². The quantitative estimate of drug-likeness (QED) is 0.484. The van der Waals surface area contributed by atoms with Crippen LogP contribution in [0.5, 0.6) is 0 Å². The summed E-state index contributed by atoms with van der Waals surface area (Å²) in [5.41, 5.74) is -0.746. The van der Waals surface area contributed by atoms with E-state index in [4.69, 9.17) is 18.7 Å². The second kappa shape index (κ2) is 8.16. The molecule has 0 bridgehead atoms. The summed E-state index contributed by atoms with van der Waals surface area (Å²) < 4.78 is 15.0. The maximum atomic E-state index is 11.8. The Morgan fingerprint density at radius 2 is 2.00 bits per heavy atom. The molecule has 0 radical (unpaired) electrons. The van der Waals surface area contributed by atoms with Crippen molar-refractivity contribution in [1.82, 2.24) is 4.98 Å². The van der Waals surface area contributed by atoms with E-state index in [0.29, 0.717) is 0 Å². The van der Waals surface area contributed by atoms with Crippen molar-refractivity contribution in [3.05, 3.63) is 12.0 Å². The molecule has 0 spiro atoms. The van der Waals surface area contributed by atoms with Gasteiger partial charge >= 0.3 is 18.1 Å². The number of aromatic nitrogens is 1. The predicted molar refractivity (Wildman–Crippen MR) is 81.2 cm³/mol. The molecule has 0 atom stereocenters. The van der Waals surface area contributed by atoms with Crippen LogP contribution in [0.1, 0.15) is 40.3 Å². The van der Waals surface area contributed by atoms with Crippen LogP contribution in [-0.4, -0.2) is 41.6 Å². The van der Waals surface area contributed by atoms with E-state index in [-0.39, 0.29) is 30.6 Å². The topological polar surface area (TPSA) is 112 Å². The van der Waals surface area contributed by atoms with E-state index in [1.807, 2.05) is 0 Å². The van der Waals surface area contributed by atoms with Gasteiger partial charge in [0.2, 0.25) is 5.71 Å². The highest BCUT2D eigenvalue weighted by atomic mass is 16.6. The number of carbonyl (C=O) groups excluding carboxylic acids is 2. The van der Waals surface area contributed by atoms with Crippen LogP contribution in [-0.2, 0) is 19.1 Å². The first-order chi connectivity index (χ1) is 10.8. The minimum atomic E-state index is -0.731. The third-order valence-corrected chi connectivity index (χ3v) is 2.11. The number of rotatable bonds is 6. The molecule has 0 aliphatic rings. The summed E-state index contributed by atoms with van der Waals surface area (Å²) in [4.78, 5) is 32.3. The number of amides is 1. The number of hydrogen-bond acceptors (Lipinski definition) is 8. The number of hydrogen-bond donors (Lipinski definition) is 1. The molecule has 0 saturated heterocycles. The Bertz CT molecular complexity index is 573. The number of nitrogens with one attached hydrogen (secondary N) is 1. The van der Waals surface area contributed by atoms with Crippen LogP contribution in [0.25, 0.3) is 0 Å². The van der Waals surface area contributed by atoms with E-state index in [9.17, 15) is 9.59 Å². The van der Waals surface area contributed by atoms with E-state index >= 15 is 0 Å². The van der Waals surface area contributed by atoms with Gasteiger partial charge in [0.05, 0.1) is 6.61 Å². The molecule has 1 aromatic heterocycles. The minimum Gasteiger partial charge on any atom is -0.461 e. The molecule has 0 aliphatic carbocycles. The largest absolute Gasteiger partial charge is 0.461 e. The fourth-order valence-corrected chi connectivity index (χ4v) is 1.35. The summed E-state index contributed by atoms with van der Waals surface area (Å²) in [6.45, 7) is 8.98. The van der Waals surface area contributed by atoms with E-state index in [0.717, 1.165) is 6.26 Å². The first-order valence-corrected chi connectivity index (χ1v) is 7.09. The molecule has 1 amide bonds. The summed E-state index contributed by atoms with van der Waals surface area (Å²) >= 11 is 0. The van der Waals surface area contributed by atoms with Crippen molar-refractivity contribution in [2.24, 2.45) is 5.16 Å². The van der Waals surface area contributed by atoms with Crippen LogP contribution in [0.3, 0.4) is 0 Å². The summed E-state index contributed by atoms with van der Waals surface area (Å²) in [5, 5.41) is 5.97. The normalized spacial score (nSPS) is 11.8. The van der Waals surface area contributed by atoms with Crippen molar-refractivity contribution < 1.29 is 28.3 Å². The zero-order valence-electron chi connectivity index (χ0n) is 13.8. The van der Waals surface area contributed by atoms with E-state index in [2.05, 4.69) is 15.5 Å². The molecule has 1 heterocycles. The van der Waals surface area contributed by atoms with E-state index < -0.39 is 17.7 Å². The van der Waals surface area contributed by atoms with Gasteiger partial charge in [0.1, 0.15) is 24.2 Å². The predicted octanol–water partition coefficient (Wildman–Crippen LogP) is 2.33. The zero-order valence-corrected chi connectivity index (χ0v) is 13.8. The van der Waals surface area contributed by atoms with Gasteiger partial charge in [-0.3, -0.25) is 0 Å². The minimum absolute atomic E-state index is 0.0722. The van der Waals surface area contributed by atoms with Gasteiger partial charge in [-0.05, 0) is 34.6 Å². The first-order valence-electron chi connectivity index (χ1n) is 7.09. The van der Waals surface area contributed by atoms with Crippen LogP contribution in [0.4, 0.5) is 10.8 Å². The van der Waals surface area contributed by atoms with Crippen molar-refractivity contribution in [2.75, 3.05) is 18.5 Å². The Balaban J connectivity index is 2.86. The van der Waals surface area contributed by atoms with Crippen LogP contribution >= 0.6 is 0 Å². The summed E-state index contributed by atoms with van der Waals surface area (Å²) in [7, 11) is 0. The molecular formula is C14H21N3O6. The Morgan fingerprint density at radius 1 is 1.30 bits per heavy atom. The molecule has 9 nitrogen and oxygen atoms in total. The van der Waals surface area contributed by atoms with E-state index in [1.165, 1.54) is 0 Å². The molecule has 9 heteroatoms. The standard InChI is InChI=1S/C14H21N3O6/c1-6-20-11(18)10(17-22-7-2)9-8-21-12(15-9)16-13(19)23-14(3,4)5/h8H,6-7H2,1-5H3,(H,15,16,19). The fourth-order valence-electron chi connectivity index (χ4n) is 1.35. The second-order valence-corrected chi connectivity index (χ2v) is 5.24. The Kier molecular flexibility index (Phi) is 6.55. The summed E-state index contributed by atoms with van der Waals surface area (Å²) in [5.74, 6) is -0.710. The molecule has 1 N–H and O–H groups in total. The van der Waals surface area contributed by atoms with Gasteiger partial charge in [-0.2, -0.15) is 4.98 Å². The molecular weight excluding hydrogens is 306 g/mol. The first kappa shape index (κ1) is 18.5. The van der Waals surface area contributed by atoms with Crippen LogP contribution < -0.4 is 5.32 Å². The lowest BCUT2D eigenvalue weighted by Crippen LogP contribution is -2.27. The second-order valence-electron chi connectivity index (χ2n) is 5.24. The third-order valence-electron chi connectivity index (χ3n) is 2.11. The number of nitrogens with zero attached hydrogens (tertiary/aromatic N) is 2. The monoisotopic (exact) mass is 327 g/mol. The molecule has 23 heavy (non-hydrogen) atoms. The number of oxime groups is 1. The Labute approximate surface area is 134 Å². The van der Waals surface area contributed by atoms with E-state index in [1.54, 1.807) is 34.6 Å². The van der Waals surface area contributed by atoms with Gasteiger partial charge < -0.3 is 18.7 Å². The molecule has 0 fully saturated rings. The molecule has 1 rings (SSSR count). The number of ether oxygens (including phenoxy) is 2. The highest BCUT2D eigenvalue weighted by Crippen LogP contribution is 2.13. The number of carbonyl (C=O) groups is 2. The summed E-state index contributed by atoms with van der Waals surface area (Å²) in [6, 6.07) is -0.136. The lowest BCUT2D eigenvalue weighted by atomic mass is 10.2. The maximum absolute atomic E-state index is 11.8. The number of oxazole rings is 1. The lowest BCUT2D eigenvalue weighted by molar-refractivity contribution is -0.135. The lowest BCUT2D eigenvalue weighted by Gasteiger charge is -2.18. The van der Waals surface area contributed by atoms with Crippen molar-refractivity contribution in [3.63, 3.8) is 0 Å².